The second-order valence-corrected chi connectivity index (χ2v) is 3.89. The van der Waals surface area contributed by atoms with Gasteiger partial charge in [0.2, 0.25) is 0 Å². The van der Waals surface area contributed by atoms with Crippen LogP contribution in [0.1, 0.15) is 38.2 Å². The average Bonchev–Trinajstić information content (AvgIpc) is 2.24. The van der Waals surface area contributed by atoms with E-state index in [1.54, 1.807) is 6.07 Å². The summed E-state index contributed by atoms with van der Waals surface area (Å²) in [6.45, 7) is 1.97. The summed E-state index contributed by atoms with van der Waals surface area (Å²) in [6, 6.07) is 3.88. The van der Waals surface area contributed by atoms with Crippen LogP contribution in [-0.2, 0) is 11.2 Å². The molecular formula is C13H16F2O. The second kappa shape index (κ2) is 6.36. The average molecular weight is 226 g/mol. The molecule has 0 amide bonds. The Kier molecular flexibility index (Phi) is 5.09. The lowest BCUT2D eigenvalue weighted by molar-refractivity contribution is -0.119. The lowest BCUT2D eigenvalue weighted by atomic mass is 10.0. The number of hydrogen-bond donors (Lipinski definition) is 0. The third kappa shape index (κ3) is 4.09. The molecular weight excluding hydrogens is 210 g/mol. The van der Waals surface area contributed by atoms with Gasteiger partial charge in [-0.3, -0.25) is 4.79 Å². The summed E-state index contributed by atoms with van der Waals surface area (Å²) in [6.07, 6.45) is 3.31. The number of carbonyl (C=O) groups excluding carboxylic acids is 1. The predicted molar refractivity (Wildman–Crippen MR) is 59.2 cm³/mol. The highest BCUT2D eigenvalue weighted by molar-refractivity contribution is 5.78. The van der Waals surface area contributed by atoms with Crippen molar-refractivity contribution in [1.29, 1.82) is 0 Å². The van der Waals surface area contributed by atoms with Crippen LogP contribution in [0.15, 0.2) is 18.2 Å². The van der Waals surface area contributed by atoms with Gasteiger partial charge in [0, 0.05) is 12.8 Å². The smallest absolute Gasteiger partial charge is 0.159 e. The summed E-state index contributed by atoms with van der Waals surface area (Å²) in [5.74, 6) is -1.41. The van der Waals surface area contributed by atoms with E-state index in [-0.39, 0.29) is 5.78 Å². The minimum Gasteiger partial charge on any atom is -0.300 e. The number of carbonyl (C=O) groups is 1. The molecule has 0 N–H and O–H groups in total. The Morgan fingerprint density at radius 3 is 2.56 bits per heavy atom. The molecule has 0 heterocycles. The molecule has 1 rings (SSSR count). The minimum atomic E-state index is -0.828. The highest BCUT2D eigenvalue weighted by Gasteiger charge is 2.04. The van der Waals surface area contributed by atoms with Gasteiger partial charge in [-0.2, -0.15) is 0 Å². The number of Topliss-reactive ketones (excluding diaryl/α,β-unsaturated/α-hetero) is 1. The quantitative estimate of drug-likeness (QED) is 0.723. The number of hydrogen-bond acceptors (Lipinski definition) is 1. The van der Waals surface area contributed by atoms with Gasteiger partial charge >= 0.3 is 0 Å². The summed E-state index contributed by atoms with van der Waals surface area (Å²) in [7, 11) is 0. The minimum absolute atomic E-state index is 0.241. The van der Waals surface area contributed by atoms with Crippen LogP contribution in [0.2, 0.25) is 0 Å². The molecule has 1 nitrogen and oxygen atoms in total. The summed E-state index contributed by atoms with van der Waals surface area (Å²) < 4.78 is 25.5. The fourth-order valence-corrected chi connectivity index (χ4v) is 1.59. The van der Waals surface area contributed by atoms with Crippen LogP contribution < -0.4 is 0 Å². The van der Waals surface area contributed by atoms with Crippen molar-refractivity contribution in [3.63, 3.8) is 0 Å². The van der Waals surface area contributed by atoms with Gasteiger partial charge in [-0.25, -0.2) is 8.78 Å². The Balaban J connectivity index is 2.37. The fourth-order valence-electron chi connectivity index (χ4n) is 1.59. The normalized spacial score (nSPS) is 10.4. The molecule has 0 saturated heterocycles. The van der Waals surface area contributed by atoms with E-state index in [1.165, 1.54) is 6.07 Å². The first-order valence-electron chi connectivity index (χ1n) is 5.59. The molecule has 1 aromatic carbocycles. The van der Waals surface area contributed by atoms with E-state index in [0.717, 1.165) is 18.1 Å². The molecule has 0 bridgehead atoms. The highest BCUT2D eigenvalue weighted by atomic mass is 19.2. The zero-order valence-corrected chi connectivity index (χ0v) is 9.43. The van der Waals surface area contributed by atoms with E-state index in [9.17, 15) is 13.6 Å². The molecule has 88 valence electrons. The first-order valence-corrected chi connectivity index (χ1v) is 5.59. The lowest BCUT2D eigenvalue weighted by Gasteiger charge is -2.02. The third-order valence-corrected chi connectivity index (χ3v) is 2.43. The Bertz CT molecular complexity index is 361. The Morgan fingerprint density at radius 2 is 1.94 bits per heavy atom. The maximum atomic E-state index is 12.8. The Hall–Kier alpha value is -1.25. The molecule has 0 atom stereocenters. The number of halogens is 2. The largest absolute Gasteiger partial charge is 0.300 e. The summed E-state index contributed by atoms with van der Waals surface area (Å²) >= 11 is 0. The van der Waals surface area contributed by atoms with E-state index in [1.807, 2.05) is 6.92 Å². The molecule has 0 aromatic heterocycles. The van der Waals surface area contributed by atoms with Gasteiger partial charge in [-0.1, -0.05) is 13.0 Å². The van der Waals surface area contributed by atoms with E-state index in [0.29, 0.717) is 25.7 Å². The van der Waals surface area contributed by atoms with Crippen LogP contribution >= 0.6 is 0 Å². The van der Waals surface area contributed by atoms with Gasteiger partial charge in [0.05, 0.1) is 0 Å². The van der Waals surface area contributed by atoms with Crippen molar-refractivity contribution in [2.75, 3.05) is 0 Å². The molecule has 0 saturated carbocycles. The topological polar surface area (TPSA) is 17.1 Å². The Labute approximate surface area is 94.5 Å². The number of aryl methyl sites for hydroxylation is 1. The van der Waals surface area contributed by atoms with Crippen LogP contribution in [0.4, 0.5) is 8.78 Å². The first-order chi connectivity index (χ1) is 7.63. The van der Waals surface area contributed by atoms with Crippen LogP contribution in [0, 0.1) is 11.6 Å². The van der Waals surface area contributed by atoms with Crippen molar-refractivity contribution in [3.05, 3.63) is 35.4 Å². The van der Waals surface area contributed by atoms with E-state index < -0.39 is 11.6 Å². The molecule has 0 unspecified atom stereocenters. The number of rotatable bonds is 6. The van der Waals surface area contributed by atoms with Crippen molar-refractivity contribution in [1.82, 2.24) is 0 Å². The van der Waals surface area contributed by atoms with Crippen molar-refractivity contribution < 1.29 is 13.6 Å². The monoisotopic (exact) mass is 226 g/mol. The molecule has 1 aromatic rings. The molecule has 0 fully saturated rings. The van der Waals surface area contributed by atoms with Crippen molar-refractivity contribution in [2.24, 2.45) is 0 Å². The molecule has 0 spiro atoms. The zero-order chi connectivity index (χ0) is 12.0. The van der Waals surface area contributed by atoms with Crippen LogP contribution in [0.5, 0.6) is 0 Å². The van der Waals surface area contributed by atoms with E-state index in [2.05, 4.69) is 0 Å². The van der Waals surface area contributed by atoms with Gasteiger partial charge in [0.25, 0.3) is 0 Å². The zero-order valence-electron chi connectivity index (χ0n) is 9.43. The third-order valence-electron chi connectivity index (χ3n) is 2.43. The van der Waals surface area contributed by atoms with Crippen LogP contribution in [-0.4, -0.2) is 5.78 Å². The molecule has 0 aliphatic rings. The van der Waals surface area contributed by atoms with Gasteiger partial charge in [-0.05, 0) is 37.0 Å². The molecule has 3 heteroatoms. The summed E-state index contributed by atoms with van der Waals surface area (Å²) in [5.41, 5.74) is 0.739. The maximum absolute atomic E-state index is 12.8. The van der Waals surface area contributed by atoms with Crippen molar-refractivity contribution >= 4 is 5.78 Å². The second-order valence-electron chi connectivity index (χ2n) is 3.89. The van der Waals surface area contributed by atoms with Crippen molar-refractivity contribution in [2.45, 2.75) is 39.0 Å². The predicted octanol–water partition coefficient (Wildman–Crippen LogP) is 3.66. The summed E-state index contributed by atoms with van der Waals surface area (Å²) in [4.78, 5) is 11.2. The van der Waals surface area contributed by atoms with Gasteiger partial charge in [0.15, 0.2) is 11.6 Å². The molecule has 0 radical (unpaired) electrons. The lowest BCUT2D eigenvalue weighted by Crippen LogP contribution is -1.98. The highest BCUT2D eigenvalue weighted by Crippen LogP contribution is 2.11. The van der Waals surface area contributed by atoms with Gasteiger partial charge in [0.1, 0.15) is 5.78 Å². The maximum Gasteiger partial charge on any atom is 0.159 e. The van der Waals surface area contributed by atoms with Gasteiger partial charge < -0.3 is 0 Å². The standard InChI is InChI=1S/C13H16F2O/c1-2-4-11(16)6-3-5-10-7-8-12(14)13(15)9-10/h7-9H,2-6H2,1H3. The summed E-state index contributed by atoms with van der Waals surface area (Å²) in [5, 5.41) is 0. The van der Waals surface area contributed by atoms with E-state index >= 15 is 0 Å². The van der Waals surface area contributed by atoms with Crippen molar-refractivity contribution in [3.8, 4) is 0 Å². The van der Waals surface area contributed by atoms with Gasteiger partial charge in [-0.15, -0.1) is 0 Å². The Morgan fingerprint density at radius 1 is 1.19 bits per heavy atom. The SMILES string of the molecule is CCCC(=O)CCCc1ccc(F)c(F)c1. The van der Waals surface area contributed by atoms with Crippen LogP contribution in [0.25, 0.3) is 0 Å². The van der Waals surface area contributed by atoms with Crippen LogP contribution in [0.3, 0.4) is 0 Å². The first kappa shape index (κ1) is 12.8. The molecule has 0 aliphatic carbocycles. The molecule has 16 heavy (non-hydrogen) atoms. The van der Waals surface area contributed by atoms with E-state index in [4.69, 9.17) is 0 Å². The fraction of sp³-hybridized carbons (Fsp3) is 0.462. The number of benzene rings is 1. The number of ketones is 1. The molecule has 0 aliphatic heterocycles.